The fourth-order valence-electron chi connectivity index (χ4n) is 2.15. The number of anilines is 1. The lowest BCUT2D eigenvalue weighted by Crippen LogP contribution is -2.45. The maximum atomic E-state index is 14.1. The van der Waals surface area contributed by atoms with Gasteiger partial charge in [-0.3, -0.25) is 4.79 Å². The zero-order valence-electron chi connectivity index (χ0n) is 11.8. The first-order valence-corrected chi connectivity index (χ1v) is 7.22. The number of amides is 1. The first kappa shape index (κ1) is 15.5. The van der Waals surface area contributed by atoms with Crippen LogP contribution in [-0.2, 0) is 10.3 Å². The van der Waals surface area contributed by atoms with Crippen molar-refractivity contribution in [3.63, 3.8) is 0 Å². The monoisotopic (exact) mass is 350 g/mol. The number of nitrogens with one attached hydrogen (secondary N) is 1. The van der Waals surface area contributed by atoms with Gasteiger partial charge >= 0.3 is 0 Å². The molecule has 110 valence electrons. The third-order valence-corrected chi connectivity index (χ3v) is 3.87. The van der Waals surface area contributed by atoms with E-state index in [1.165, 1.54) is 6.07 Å². The summed E-state index contributed by atoms with van der Waals surface area (Å²) < 4.78 is 14.8. The van der Waals surface area contributed by atoms with Crippen LogP contribution < -0.4 is 11.1 Å². The van der Waals surface area contributed by atoms with Gasteiger partial charge in [0.1, 0.15) is 11.4 Å². The molecule has 2 aromatic carbocycles. The molecule has 1 atom stereocenters. The lowest BCUT2D eigenvalue weighted by molar-refractivity contribution is -0.122. The zero-order valence-corrected chi connectivity index (χ0v) is 13.4. The van der Waals surface area contributed by atoms with Crippen LogP contribution in [0.3, 0.4) is 0 Å². The molecule has 0 aliphatic carbocycles. The number of hydrogen-bond acceptors (Lipinski definition) is 2. The van der Waals surface area contributed by atoms with Crippen LogP contribution in [0, 0.1) is 12.7 Å². The van der Waals surface area contributed by atoms with Crippen molar-refractivity contribution in [3.8, 4) is 0 Å². The second-order valence-corrected chi connectivity index (χ2v) is 6.02. The predicted molar refractivity (Wildman–Crippen MR) is 85.4 cm³/mol. The molecule has 1 unspecified atom stereocenters. The molecule has 0 bridgehead atoms. The summed E-state index contributed by atoms with van der Waals surface area (Å²) in [5.41, 5.74) is 6.11. The molecule has 0 fully saturated rings. The highest BCUT2D eigenvalue weighted by Gasteiger charge is 2.36. The number of rotatable bonds is 4. The molecule has 0 aromatic heterocycles. The van der Waals surface area contributed by atoms with Gasteiger partial charge in [0.15, 0.2) is 0 Å². The minimum Gasteiger partial charge on any atom is -0.368 e. The maximum absolute atomic E-state index is 14.1. The number of benzene rings is 2. The number of nitrogens with two attached hydrogens (primary N) is 1. The van der Waals surface area contributed by atoms with E-state index in [1.54, 1.807) is 19.1 Å². The van der Waals surface area contributed by atoms with E-state index >= 15 is 0 Å². The molecule has 0 saturated carbocycles. The standard InChI is InChI=1S/C16H16BrFN2O/c1-10-4-3-5-12(8-10)20-16(2,15(19)21)13-9-11(17)6-7-14(13)18/h3-9,20H,1-2H3,(H2,19,21). The fraction of sp³-hybridized carbons (Fsp3) is 0.188. The Kier molecular flexibility index (Phi) is 4.32. The van der Waals surface area contributed by atoms with Gasteiger partial charge in [-0.2, -0.15) is 0 Å². The van der Waals surface area contributed by atoms with Crippen LogP contribution >= 0.6 is 15.9 Å². The minimum atomic E-state index is -1.35. The van der Waals surface area contributed by atoms with Gasteiger partial charge in [0.2, 0.25) is 5.91 Å². The number of halogens is 2. The fourth-order valence-corrected chi connectivity index (χ4v) is 2.51. The van der Waals surface area contributed by atoms with Gasteiger partial charge in [0, 0.05) is 15.7 Å². The molecule has 2 rings (SSSR count). The molecule has 0 heterocycles. The Balaban J connectivity index is 2.50. The topological polar surface area (TPSA) is 55.1 Å². The van der Waals surface area contributed by atoms with Crippen LogP contribution in [0.1, 0.15) is 18.1 Å². The minimum absolute atomic E-state index is 0.200. The third kappa shape index (κ3) is 3.24. The Morgan fingerprint density at radius 3 is 2.62 bits per heavy atom. The first-order valence-electron chi connectivity index (χ1n) is 6.43. The Bertz CT molecular complexity index is 690. The van der Waals surface area contributed by atoms with Crippen LogP contribution in [0.2, 0.25) is 0 Å². The molecule has 3 nitrogen and oxygen atoms in total. The van der Waals surface area contributed by atoms with Crippen molar-refractivity contribution >= 4 is 27.5 Å². The molecule has 0 aliphatic heterocycles. The number of carbonyl (C=O) groups is 1. The summed E-state index contributed by atoms with van der Waals surface area (Å²) in [5.74, 6) is -1.14. The van der Waals surface area contributed by atoms with E-state index in [4.69, 9.17) is 5.73 Å². The van der Waals surface area contributed by atoms with Gasteiger partial charge in [-0.05, 0) is 49.7 Å². The SMILES string of the molecule is Cc1cccc(NC(C)(C(N)=O)c2cc(Br)ccc2F)c1. The van der Waals surface area contributed by atoms with E-state index < -0.39 is 17.3 Å². The largest absolute Gasteiger partial charge is 0.368 e. The average Bonchev–Trinajstić information content (AvgIpc) is 2.41. The molecule has 21 heavy (non-hydrogen) atoms. The van der Waals surface area contributed by atoms with Gasteiger partial charge in [-0.15, -0.1) is 0 Å². The van der Waals surface area contributed by atoms with Crippen LogP contribution in [0.5, 0.6) is 0 Å². The smallest absolute Gasteiger partial charge is 0.247 e. The number of hydrogen-bond donors (Lipinski definition) is 2. The molecule has 5 heteroatoms. The second-order valence-electron chi connectivity index (χ2n) is 5.11. The zero-order chi connectivity index (χ0) is 15.6. The van der Waals surface area contributed by atoms with Crippen LogP contribution in [-0.4, -0.2) is 5.91 Å². The quantitative estimate of drug-likeness (QED) is 0.882. The summed E-state index contributed by atoms with van der Waals surface area (Å²) in [5, 5.41) is 3.04. The van der Waals surface area contributed by atoms with Gasteiger partial charge in [0.05, 0.1) is 0 Å². The molecular formula is C16H16BrFN2O. The number of primary amides is 1. The first-order chi connectivity index (χ1) is 9.83. The third-order valence-electron chi connectivity index (χ3n) is 3.37. The number of aryl methyl sites for hydroxylation is 1. The number of carbonyl (C=O) groups excluding carboxylic acids is 1. The molecule has 0 saturated heterocycles. The van der Waals surface area contributed by atoms with Crippen molar-refractivity contribution in [2.24, 2.45) is 5.73 Å². The highest BCUT2D eigenvalue weighted by Crippen LogP contribution is 2.30. The lowest BCUT2D eigenvalue weighted by atomic mass is 9.90. The van der Waals surface area contributed by atoms with Crippen molar-refractivity contribution in [1.29, 1.82) is 0 Å². The summed E-state index contributed by atoms with van der Waals surface area (Å²) in [6, 6.07) is 11.9. The molecule has 3 N–H and O–H groups in total. The summed E-state index contributed by atoms with van der Waals surface area (Å²) >= 11 is 3.29. The van der Waals surface area contributed by atoms with E-state index in [2.05, 4.69) is 21.2 Å². The average molecular weight is 351 g/mol. The highest BCUT2D eigenvalue weighted by molar-refractivity contribution is 9.10. The predicted octanol–water partition coefficient (Wildman–Crippen LogP) is 3.71. The molecule has 2 aromatic rings. The van der Waals surface area contributed by atoms with Crippen LogP contribution in [0.4, 0.5) is 10.1 Å². The maximum Gasteiger partial charge on any atom is 0.247 e. The van der Waals surface area contributed by atoms with Crippen LogP contribution in [0.25, 0.3) is 0 Å². The molecule has 1 amide bonds. The summed E-state index contributed by atoms with van der Waals surface area (Å²) in [7, 11) is 0. The van der Waals surface area contributed by atoms with Crippen LogP contribution in [0.15, 0.2) is 46.9 Å². The van der Waals surface area contributed by atoms with Crippen molar-refractivity contribution in [2.45, 2.75) is 19.4 Å². The molecule has 0 aliphatic rings. The molecule has 0 spiro atoms. The van der Waals surface area contributed by atoms with Gasteiger partial charge in [-0.1, -0.05) is 28.1 Å². The summed E-state index contributed by atoms with van der Waals surface area (Å²) in [6.07, 6.45) is 0. The Morgan fingerprint density at radius 1 is 1.29 bits per heavy atom. The highest BCUT2D eigenvalue weighted by atomic mass is 79.9. The molecular weight excluding hydrogens is 335 g/mol. The van der Waals surface area contributed by atoms with Crippen molar-refractivity contribution in [2.75, 3.05) is 5.32 Å². The van der Waals surface area contributed by atoms with E-state index in [0.717, 1.165) is 5.56 Å². The van der Waals surface area contributed by atoms with E-state index in [-0.39, 0.29) is 5.56 Å². The van der Waals surface area contributed by atoms with E-state index in [0.29, 0.717) is 10.2 Å². The normalized spacial score (nSPS) is 13.5. The van der Waals surface area contributed by atoms with Crippen molar-refractivity contribution < 1.29 is 9.18 Å². The Hall–Kier alpha value is -1.88. The van der Waals surface area contributed by atoms with Gasteiger partial charge < -0.3 is 11.1 Å². The Morgan fingerprint density at radius 2 is 2.00 bits per heavy atom. The van der Waals surface area contributed by atoms with Gasteiger partial charge in [-0.25, -0.2) is 4.39 Å². The lowest BCUT2D eigenvalue weighted by Gasteiger charge is -2.29. The van der Waals surface area contributed by atoms with Gasteiger partial charge in [0.25, 0.3) is 0 Å². The van der Waals surface area contributed by atoms with E-state index in [9.17, 15) is 9.18 Å². The summed E-state index contributed by atoms with van der Waals surface area (Å²) in [4.78, 5) is 12.0. The molecule has 0 radical (unpaired) electrons. The Labute approximate surface area is 131 Å². The summed E-state index contributed by atoms with van der Waals surface area (Å²) in [6.45, 7) is 3.51. The second kappa shape index (κ2) is 5.85. The van der Waals surface area contributed by atoms with Crippen molar-refractivity contribution in [3.05, 3.63) is 63.9 Å². The van der Waals surface area contributed by atoms with Crippen molar-refractivity contribution in [1.82, 2.24) is 0 Å². The van der Waals surface area contributed by atoms with E-state index in [1.807, 2.05) is 31.2 Å².